The Balaban J connectivity index is 1.48. The maximum atomic E-state index is 12.8. The minimum absolute atomic E-state index is 0.0537. The molecule has 152 valence electrons. The van der Waals surface area contributed by atoms with Crippen molar-refractivity contribution in [1.29, 1.82) is 0 Å². The first-order valence-electron chi connectivity index (χ1n) is 9.63. The number of nitrogens with one attached hydrogen (secondary N) is 1. The van der Waals surface area contributed by atoms with Gasteiger partial charge in [0.1, 0.15) is 4.90 Å². The molecule has 1 atom stereocenters. The minimum atomic E-state index is -3.66. The van der Waals surface area contributed by atoms with Gasteiger partial charge in [0.15, 0.2) is 5.84 Å². The highest BCUT2D eigenvalue weighted by molar-refractivity contribution is 7.90. The van der Waals surface area contributed by atoms with Gasteiger partial charge in [-0.1, -0.05) is 12.1 Å². The van der Waals surface area contributed by atoms with Crippen LogP contribution in [0.5, 0.6) is 0 Å². The first kappa shape index (κ1) is 19.4. The second kappa shape index (κ2) is 7.51. The van der Waals surface area contributed by atoms with Crippen LogP contribution in [0.1, 0.15) is 18.4 Å². The van der Waals surface area contributed by atoms with Crippen LogP contribution in [-0.4, -0.2) is 52.2 Å². The Morgan fingerprint density at radius 1 is 1.14 bits per heavy atom. The Morgan fingerprint density at radius 3 is 2.59 bits per heavy atom. The van der Waals surface area contributed by atoms with Crippen molar-refractivity contribution >= 4 is 33.1 Å². The highest BCUT2D eigenvalue weighted by Crippen LogP contribution is 2.30. The Labute approximate surface area is 171 Å². The molecule has 8 heteroatoms. The van der Waals surface area contributed by atoms with Crippen molar-refractivity contribution < 1.29 is 13.2 Å². The molecule has 0 spiro atoms. The maximum absolute atomic E-state index is 12.8. The van der Waals surface area contributed by atoms with Crippen LogP contribution in [-0.2, 0) is 14.8 Å². The molecule has 1 amide bonds. The van der Waals surface area contributed by atoms with Gasteiger partial charge in [-0.2, -0.15) is 8.42 Å². The molecule has 2 aliphatic rings. The van der Waals surface area contributed by atoms with Gasteiger partial charge in [0.2, 0.25) is 5.91 Å². The third-order valence-electron chi connectivity index (χ3n) is 5.36. The van der Waals surface area contributed by atoms with Crippen molar-refractivity contribution in [3.05, 3.63) is 54.1 Å². The number of piperidine rings is 1. The van der Waals surface area contributed by atoms with Gasteiger partial charge in [-0.25, -0.2) is 0 Å². The smallest absolute Gasteiger partial charge is 0.285 e. The number of rotatable bonds is 3. The van der Waals surface area contributed by atoms with Gasteiger partial charge in [-0.3, -0.25) is 4.79 Å². The van der Waals surface area contributed by atoms with Crippen LogP contribution in [0.2, 0.25) is 0 Å². The molecule has 4 rings (SSSR count). The average molecular weight is 413 g/mol. The molecule has 2 heterocycles. The molecule has 0 unspecified atom stereocenters. The Hall–Kier alpha value is -2.87. The number of fused-ring (bicyclic) bond motifs is 1. The molecule has 1 fully saturated rings. The van der Waals surface area contributed by atoms with E-state index < -0.39 is 10.0 Å². The summed E-state index contributed by atoms with van der Waals surface area (Å²) in [5.41, 5.74) is 2.43. The van der Waals surface area contributed by atoms with Gasteiger partial charge in [0.05, 0.1) is 5.92 Å². The summed E-state index contributed by atoms with van der Waals surface area (Å²) in [6.45, 7) is 1.13. The fourth-order valence-electron chi connectivity index (χ4n) is 3.79. The van der Waals surface area contributed by atoms with E-state index in [0.29, 0.717) is 24.5 Å². The van der Waals surface area contributed by atoms with Crippen molar-refractivity contribution in [2.75, 3.05) is 37.4 Å². The lowest BCUT2D eigenvalue weighted by molar-refractivity contribution is -0.121. The Morgan fingerprint density at radius 2 is 1.86 bits per heavy atom. The number of likely N-dealkylation sites (tertiary alicyclic amines) is 1. The zero-order valence-corrected chi connectivity index (χ0v) is 17.3. The van der Waals surface area contributed by atoms with E-state index in [2.05, 4.69) is 9.71 Å². The third-order valence-corrected chi connectivity index (χ3v) is 6.68. The summed E-state index contributed by atoms with van der Waals surface area (Å²) in [5.74, 6) is 0.172. The molecule has 0 bridgehead atoms. The number of nitrogens with zero attached hydrogens (tertiary/aromatic N) is 3. The van der Waals surface area contributed by atoms with Gasteiger partial charge >= 0.3 is 0 Å². The first-order valence-corrected chi connectivity index (χ1v) is 11.1. The largest absolute Gasteiger partial charge is 0.378 e. The number of sulfonamides is 1. The van der Waals surface area contributed by atoms with Crippen LogP contribution < -0.4 is 10.2 Å². The number of benzene rings is 2. The lowest BCUT2D eigenvalue weighted by Gasteiger charge is -2.33. The number of carbonyl (C=O) groups is 1. The summed E-state index contributed by atoms with van der Waals surface area (Å²) in [6, 6.07) is 14.5. The third kappa shape index (κ3) is 3.85. The van der Waals surface area contributed by atoms with Crippen LogP contribution >= 0.6 is 0 Å². The molecule has 0 aromatic heterocycles. The van der Waals surface area contributed by atoms with E-state index in [9.17, 15) is 13.2 Å². The quantitative estimate of drug-likeness (QED) is 0.838. The molecule has 29 heavy (non-hydrogen) atoms. The number of hydrogen-bond acceptors (Lipinski definition) is 5. The highest BCUT2D eigenvalue weighted by atomic mass is 32.2. The molecule has 7 nitrogen and oxygen atoms in total. The van der Waals surface area contributed by atoms with Crippen LogP contribution in [0.4, 0.5) is 11.4 Å². The lowest BCUT2D eigenvalue weighted by Crippen LogP contribution is -2.43. The molecule has 0 radical (unpaired) electrons. The van der Waals surface area contributed by atoms with Crippen LogP contribution in [0.25, 0.3) is 0 Å². The van der Waals surface area contributed by atoms with Crippen molar-refractivity contribution in [2.45, 2.75) is 17.7 Å². The normalized spacial score (nSPS) is 20.0. The predicted octanol–water partition coefficient (Wildman–Crippen LogP) is 2.55. The van der Waals surface area contributed by atoms with Gasteiger partial charge in [-0.15, -0.1) is 4.40 Å². The summed E-state index contributed by atoms with van der Waals surface area (Å²) in [6.07, 6.45) is 1.57. The van der Waals surface area contributed by atoms with Crippen LogP contribution in [0, 0.1) is 5.92 Å². The molecule has 0 aliphatic carbocycles. The fourth-order valence-corrected chi connectivity index (χ4v) is 5.01. The van der Waals surface area contributed by atoms with Crippen molar-refractivity contribution in [1.82, 2.24) is 4.90 Å². The number of amidine groups is 1. The number of hydrogen-bond donors (Lipinski definition) is 1. The van der Waals surface area contributed by atoms with Crippen molar-refractivity contribution in [2.24, 2.45) is 10.3 Å². The summed E-state index contributed by atoms with van der Waals surface area (Å²) in [5, 5.41) is 2.98. The van der Waals surface area contributed by atoms with Crippen molar-refractivity contribution in [3.63, 3.8) is 0 Å². The van der Waals surface area contributed by atoms with E-state index in [1.807, 2.05) is 48.2 Å². The summed E-state index contributed by atoms with van der Waals surface area (Å²) >= 11 is 0. The molecule has 0 saturated carbocycles. The van der Waals surface area contributed by atoms with E-state index in [1.165, 1.54) is 0 Å². The fraction of sp³-hybridized carbons (Fsp3) is 0.333. The lowest BCUT2D eigenvalue weighted by atomic mass is 9.96. The second-order valence-electron chi connectivity index (χ2n) is 7.60. The van der Waals surface area contributed by atoms with E-state index >= 15 is 0 Å². The Bertz CT molecular complexity index is 1060. The van der Waals surface area contributed by atoms with Gasteiger partial charge in [0, 0.05) is 44.1 Å². The molecular weight excluding hydrogens is 388 g/mol. The number of anilines is 2. The summed E-state index contributed by atoms with van der Waals surface area (Å²) in [7, 11) is 0.273. The first-order chi connectivity index (χ1) is 13.8. The van der Waals surface area contributed by atoms with Gasteiger partial charge in [0.25, 0.3) is 10.0 Å². The van der Waals surface area contributed by atoms with E-state index in [1.54, 1.807) is 24.3 Å². The molecular formula is C21H24N4O3S. The van der Waals surface area contributed by atoms with Crippen LogP contribution in [0.3, 0.4) is 0 Å². The van der Waals surface area contributed by atoms with Crippen LogP contribution in [0.15, 0.2) is 57.8 Å². The topological polar surface area (TPSA) is 82.1 Å². The predicted molar refractivity (Wildman–Crippen MR) is 114 cm³/mol. The standard InChI is InChI=1S/C21H24N4O3S/c1-24(2)17-11-9-16(10-12-17)22-21(26)15-6-5-13-25(14-15)20-18-7-3-4-8-19(18)29(27,28)23-20/h3-4,7-12,15H,5-6,13-14H2,1-2H3,(H,22,26)/t15-/m0/s1. The summed E-state index contributed by atoms with van der Waals surface area (Å²) in [4.78, 5) is 17.0. The molecule has 1 saturated heterocycles. The maximum Gasteiger partial charge on any atom is 0.285 e. The number of amides is 1. The monoisotopic (exact) mass is 412 g/mol. The SMILES string of the molecule is CN(C)c1ccc(NC(=O)[C@H]2CCCN(C3=NS(=O)(=O)c4ccccc43)C2)cc1. The zero-order chi connectivity index (χ0) is 20.6. The molecule has 2 aliphatic heterocycles. The molecule has 2 aromatic rings. The van der Waals surface area contributed by atoms with E-state index in [4.69, 9.17) is 0 Å². The van der Waals surface area contributed by atoms with E-state index in [-0.39, 0.29) is 16.7 Å². The minimum Gasteiger partial charge on any atom is -0.378 e. The number of carbonyl (C=O) groups excluding carboxylic acids is 1. The highest BCUT2D eigenvalue weighted by Gasteiger charge is 2.35. The molecule has 1 N–H and O–H groups in total. The Kier molecular flexibility index (Phi) is 5.04. The van der Waals surface area contributed by atoms with Gasteiger partial charge in [-0.05, 0) is 49.2 Å². The zero-order valence-electron chi connectivity index (χ0n) is 16.5. The van der Waals surface area contributed by atoms with E-state index in [0.717, 1.165) is 24.2 Å². The molecule has 2 aromatic carbocycles. The van der Waals surface area contributed by atoms with Crippen molar-refractivity contribution in [3.8, 4) is 0 Å². The second-order valence-corrected chi connectivity index (χ2v) is 9.17. The summed E-state index contributed by atoms with van der Waals surface area (Å²) < 4.78 is 28.7. The average Bonchev–Trinajstić information content (AvgIpc) is 3.00. The van der Waals surface area contributed by atoms with Gasteiger partial charge < -0.3 is 15.1 Å².